The van der Waals surface area contributed by atoms with Crippen molar-refractivity contribution in [2.45, 2.75) is 19.9 Å². The van der Waals surface area contributed by atoms with Crippen molar-refractivity contribution in [1.29, 1.82) is 0 Å². The van der Waals surface area contributed by atoms with Crippen molar-refractivity contribution < 1.29 is 14.5 Å². The van der Waals surface area contributed by atoms with Crippen molar-refractivity contribution in [3.05, 3.63) is 27.4 Å². The lowest BCUT2D eigenvalue weighted by atomic mass is 10.0. The van der Waals surface area contributed by atoms with Gasteiger partial charge >= 0.3 is 11.7 Å². The van der Waals surface area contributed by atoms with E-state index in [4.69, 9.17) is 11.6 Å². The van der Waals surface area contributed by atoms with Gasteiger partial charge < -0.3 is 10.1 Å². The van der Waals surface area contributed by atoms with E-state index in [1.165, 1.54) is 19.4 Å². The van der Waals surface area contributed by atoms with Gasteiger partial charge in [-0.1, -0.05) is 25.4 Å². The first-order valence-electron chi connectivity index (χ1n) is 5.51. The van der Waals surface area contributed by atoms with Gasteiger partial charge in [-0.3, -0.25) is 10.1 Å². The van der Waals surface area contributed by atoms with E-state index < -0.39 is 16.9 Å². The number of halogens is 1. The number of hydrogen-bond acceptors (Lipinski definition) is 6. The number of pyridine rings is 1. The number of hydrogen-bond donors (Lipinski definition) is 1. The van der Waals surface area contributed by atoms with Gasteiger partial charge in [0.05, 0.1) is 17.1 Å². The summed E-state index contributed by atoms with van der Waals surface area (Å²) in [6.45, 7) is 3.58. The van der Waals surface area contributed by atoms with Gasteiger partial charge in [0, 0.05) is 12.3 Å². The minimum absolute atomic E-state index is 0.0153. The monoisotopic (exact) mass is 287 g/mol. The molecule has 1 aromatic rings. The Kier molecular flexibility index (Phi) is 5.05. The van der Waals surface area contributed by atoms with Gasteiger partial charge in [0.25, 0.3) is 0 Å². The van der Waals surface area contributed by atoms with Crippen LogP contribution in [0, 0.1) is 16.0 Å². The van der Waals surface area contributed by atoms with Crippen LogP contribution in [0.4, 0.5) is 11.5 Å². The fraction of sp³-hybridized carbons (Fsp3) is 0.455. The number of methoxy groups -OCH3 is 1. The van der Waals surface area contributed by atoms with Gasteiger partial charge in [0.2, 0.25) is 5.82 Å². The lowest BCUT2D eigenvalue weighted by Crippen LogP contribution is -2.36. The second-order valence-electron chi connectivity index (χ2n) is 4.17. The number of nitro groups is 1. The predicted molar refractivity (Wildman–Crippen MR) is 70.2 cm³/mol. The molecular formula is C11H14ClN3O4. The summed E-state index contributed by atoms with van der Waals surface area (Å²) < 4.78 is 4.64. The van der Waals surface area contributed by atoms with E-state index in [0.29, 0.717) is 0 Å². The van der Waals surface area contributed by atoms with E-state index in [0.717, 1.165) is 0 Å². The Hall–Kier alpha value is -1.89. The van der Waals surface area contributed by atoms with E-state index >= 15 is 0 Å². The Balaban J connectivity index is 3.09. The van der Waals surface area contributed by atoms with Crippen LogP contribution in [-0.4, -0.2) is 29.0 Å². The van der Waals surface area contributed by atoms with E-state index in [9.17, 15) is 14.9 Å². The summed E-state index contributed by atoms with van der Waals surface area (Å²) in [4.78, 5) is 25.7. The van der Waals surface area contributed by atoms with Crippen molar-refractivity contribution in [1.82, 2.24) is 4.98 Å². The molecule has 0 fully saturated rings. The van der Waals surface area contributed by atoms with Gasteiger partial charge in [-0.2, -0.15) is 0 Å². The standard InChI is InChI=1S/C11H14ClN3O4/c1-6(2)9(11(16)19-3)14-10-8(15(17)18)4-7(12)5-13-10/h4-6,9H,1-3H3,(H,13,14). The SMILES string of the molecule is COC(=O)C(Nc1ncc(Cl)cc1[N+](=O)[O-])C(C)C. The number of rotatable bonds is 5. The molecule has 1 unspecified atom stereocenters. The summed E-state index contributed by atoms with van der Waals surface area (Å²) in [7, 11) is 1.25. The van der Waals surface area contributed by atoms with Crippen molar-refractivity contribution in [3.8, 4) is 0 Å². The molecule has 0 amide bonds. The van der Waals surface area contributed by atoms with Gasteiger partial charge in [-0.15, -0.1) is 0 Å². The largest absolute Gasteiger partial charge is 0.467 e. The molecule has 7 nitrogen and oxygen atoms in total. The van der Waals surface area contributed by atoms with Gasteiger partial charge in [0.1, 0.15) is 6.04 Å². The van der Waals surface area contributed by atoms with Crippen LogP contribution in [0.1, 0.15) is 13.8 Å². The number of ether oxygens (including phenoxy) is 1. The van der Waals surface area contributed by atoms with Crippen LogP contribution in [0.2, 0.25) is 5.02 Å². The first-order valence-corrected chi connectivity index (χ1v) is 5.89. The number of nitrogens with zero attached hydrogens (tertiary/aromatic N) is 2. The lowest BCUT2D eigenvalue weighted by Gasteiger charge is -2.20. The molecule has 1 rings (SSSR count). The van der Waals surface area contributed by atoms with Crippen LogP contribution in [0.15, 0.2) is 12.3 Å². The Morgan fingerprint density at radius 2 is 2.21 bits per heavy atom. The highest BCUT2D eigenvalue weighted by atomic mass is 35.5. The van der Waals surface area contributed by atoms with E-state index in [1.807, 2.05) is 0 Å². The molecule has 1 aromatic heterocycles. The third-order valence-electron chi connectivity index (χ3n) is 2.44. The molecule has 1 N–H and O–H groups in total. The quantitative estimate of drug-likeness (QED) is 0.507. The maximum absolute atomic E-state index is 11.6. The van der Waals surface area contributed by atoms with Crippen LogP contribution in [0.25, 0.3) is 0 Å². The average molecular weight is 288 g/mol. The number of carbonyl (C=O) groups is 1. The minimum atomic E-state index is -0.725. The molecule has 0 aliphatic rings. The third-order valence-corrected chi connectivity index (χ3v) is 2.65. The smallest absolute Gasteiger partial charge is 0.328 e. The highest BCUT2D eigenvalue weighted by Gasteiger charge is 2.27. The molecule has 0 saturated heterocycles. The molecule has 8 heteroatoms. The molecule has 0 radical (unpaired) electrons. The van der Waals surface area contributed by atoms with E-state index in [2.05, 4.69) is 15.0 Å². The van der Waals surface area contributed by atoms with Gasteiger partial charge in [-0.25, -0.2) is 9.78 Å². The van der Waals surface area contributed by atoms with Crippen molar-refractivity contribution in [3.63, 3.8) is 0 Å². The molecule has 0 saturated carbocycles. The Morgan fingerprint density at radius 1 is 1.58 bits per heavy atom. The summed E-state index contributed by atoms with van der Waals surface area (Å²) >= 11 is 5.66. The maximum Gasteiger partial charge on any atom is 0.328 e. The second-order valence-corrected chi connectivity index (χ2v) is 4.60. The average Bonchev–Trinajstić information content (AvgIpc) is 2.35. The van der Waals surface area contributed by atoms with E-state index in [1.54, 1.807) is 13.8 Å². The molecule has 1 heterocycles. The molecular weight excluding hydrogens is 274 g/mol. The molecule has 1 atom stereocenters. The first kappa shape index (κ1) is 15.2. The molecule has 0 spiro atoms. The zero-order chi connectivity index (χ0) is 14.6. The molecule has 0 aromatic carbocycles. The van der Waals surface area contributed by atoms with Crippen molar-refractivity contribution >= 4 is 29.1 Å². The molecule has 0 aliphatic carbocycles. The summed E-state index contributed by atoms with van der Waals surface area (Å²) in [5, 5.41) is 13.8. The topological polar surface area (TPSA) is 94.4 Å². The van der Waals surface area contributed by atoms with Gasteiger partial charge in [0.15, 0.2) is 0 Å². The van der Waals surface area contributed by atoms with E-state index in [-0.39, 0.29) is 22.4 Å². The maximum atomic E-state index is 11.6. The fourth-order valence-electron chi connectivity index (χ4n) is 1.45. The number of esters is 1. The highest BCUT2D eigenvalue weighted by Crippen LogP contribution is 2.26. The zero-order valence-electron chi connectivity index (χ0n) is 10.7. The summed E-state index contributed by atoms with van der Waals surface area (Å²) in [6.07, 6.45) is 1.27. The van der Waals surface area contributed by atoms with Crippen LogP contribution in [0.5, 0.6) is 0 Å². The number of nitrogens with one attached hydrogen (secondary N) is 1. The van der Waals surface area contributed by atoms with Crippen LogP contribution < -0.4 is 5.32 Å². The predicted octanol–water partition coefficient (Wildman–Crippen LogP) is 2.25. The van der Waals surface area contributed by atoms with Crippen LogP contribution >= 0.6 is 11.6 Å². The second kappa shape index (κ2) is 6.33. The Morgan fingerprint density at radius 3 is 2.68 bits per heavy atom. The Bertz CT molecular complexity index is 493. The number of aromatic nitrogens is 1. The normalized spacial score (nSPS) is 12.1. The first-order chi connectivity index (χ1) is 8.86. The fourth-order valence-corrected chi connectivity index (χ4v) is 1.60. The lowest BCUT2D eigenvalue weighted by molar-refractivity contribution is -0.384. The summed E-state index contributed by atoms with van der Waals surface area (Å²) in [5.41, 5.74) is -0.290. The molecule has 19 heavy (non-hydrogen) atoms. The van der Waals surface area contributed by atoms with Crippen molar-refractivity contribution in [2.24, 2.45) is 5.92 Å². The van der Waals surface area contributed by atoms with Crippen LogP contribution in [0.3, 0.4) is 0 Å². The minimum Gasteiger partial charge on any atom is -0.467 e. The molecule has 0 bridgehead atoms. The van der Waals surface area contributed by atoms with Gasteiger partial charge in [-0.05, 0) is 5.92 Å². The number of anilines is 1. The zero-order valence-corrected chi connectivity index (χ0v) is 11.5. The van der Waals surface area contributed by atoms with Crippen molar-refractivity contribution in [2.75, 3.05) is 12.4 Å². The summed E-state index contributed by atoms with van der Waals surface area (Å²) in [5.74, 6) is -0.649. The molecule has 104 valence electrons. The number of carbonyl (C=O) groups excluding carboxylic acids is 1. The summed E-state index contributed by atoms with van der Waals surface area (Å²) in [6, 6.07) is 0.448. The third kappa shape index (κ3) is 3.78. The molecule has 0 aliphatic heterocycles. The highest BCUT2D eigenvalue weighted by molar-refractivity contribution is 6.30. The van der Waals surface area contributed by atoms with Crippen LogP contribution in [-0.2, 0) is 9.53 Å². The Labute approximate surface area is 115 Å².